The quantitative estimate of drug-likeness (QED) is 0.747. The summed E-state index contributed by atoms with van der Waals surface area (Å²) in [5.74, 6) is -0.352. The second-order valence-corrected chi connectivity index (χ2v) is 8.00. The minimum Gasteiger partial charge on any atom is -0.311 e. The lowest BCUT2D eigenvalue weighted by Gasteiger charge is -2.18. The molecule has 7 heteroatoms. The first-order valence-corrected chi connectivity index (χ1v) is 9.77. The average molecular weight is 380 g/mol. The third-order valence-corrected chi connectivity index (χ3v) is 5.86. The van der Waals surface area contributed by atoms with Crippen molar-refractivity contribution in [2.75, 3.05) is 16.8 Å². The highest BCUT2D eigenvalue weighted by Gasteiger charge is 2.36. The summed E-state index contributed by atoms with van der Waals surface area (Å²) in [4.78, 5) is 26.9. The minimum atomic E-state index is -0.400. The van der Waals surface area contributed by atoms with Crippen molar-refractivity contribution in [2.24, 2.45) is 5.92 Å². The van der Waals surface area contributed by atoms with Gasteiger partial charge in [-0.2, -0.15) is 0 Å². The Hall–Kier alpha value is -2.80. The molecule has 3 aromatic rings. The fourth-order valence-electron chi connectivity index (χ4n) is 3.29. The van der Waals surface area contributed by atoms with Gasteiger partial charge in [-0.25, -0.2) is 0 Å². The third-order valence-electron chi connectivity index (χ3n) is 4.72. The summed E-state index contributed by atoms with van der Waals surface area (Å²) in [6.07, 6.45) is 0.199. The van der Waals surface area contributed by atoms with Crippen molar-refractivity contribution >= 4 is 44.7 Å². The Balaban J connectivity index is 1.52. The average Bonchev–Trinajstić information content (AvgIpc) is 3.28. The topological polar surface area (TPSA) is 75.2 Å². The molecule has 4 rings (SSSR count). The largest absolute Gasteiger partial charge is 0.311 e. The number of hydrogen-bond donors (Lipinski definition) is 1. The number of nitrogens with one attached hydrogen (secondary N) is 1. The van der Waals surface area contributed by atoms with Crippen LogP contribution in [0.25, 0.3) is 10.8 Å². The second kappa shape index (κ2) is 7.08. The summed E-state index contributed by atoms with van der Waals surface area (Å²) >= 11 is 1.38. The van der Waals surface area contributed by atoms with Crippen molar-refractivity contribution in [2.45, 2.75) is 26.2 Å². The van der Waals surface area contributed by atoms with E-state index in [0.717, 1.165) is 21.5 Å². The Labute approximate surface area is 161 Å². The van der Waals surface area contributed by atoms with E-state index >= 15 is 0 Å². The predicted octanol–water partition coefficient (Wildman–Crippen LogP) is 3.81. The molecule has 138 valence electrons. The molecule has 0 spiro atoms. The molecule has 0 radical (unpaired) electrons. The van der Waals surface area contributed by atoms with E-state index in [2.05, 4.69) is 15.5 Å². The molecule has 1 aliphatic heterocycles. The van der Waals surface area contributed by atoms with Crippen molar-refractivity contribution in [3.63, 3.8) is 0 Å². The standard InChI is InChI=1S/C20H20N4O2S/c1-12(2)19-22-23-20(27-19)21-18(26)14-10-17(25)24(11-14)16-9-5-7-13-6-3-4-8-15(13)16/h3-9,12,14H,10-11H2,1-2H3,(H,21,23,26). The van der Waals surface area contributed by atoms with Crippen LogP contribution in [0.2, 0.25) is 0 Å². The summed E-state index contributed by atoms with van der Waals surface area (Å²) < 4.78 is 0. The number of benzene rings is 2. The number of nitrogens with zero attached hydrogens (tertiary/aromatic N) is 3. The van der Waals surface area contributed by atoms with Crippen molar-refractivity contribution in [1.29, 1.82) is 0 Å². The van der Waals surface area contributed by atoms with Gasteiger partial charge in [0, 0.05) is 24.3 Å². The van der Waals surface area contributed by atoms with Gasteiger partial charge < -0.3 is 10.2 Å². The van der Waals surface area contributed by atoms with Gasteiger partial charge in [0.15, 0.2) is 0 Å². The highest BCUT2D eigenvalue weighted by Crippen LogP contribution is 2.32. The first-order valence-electron chi connectivity index (χ1n) is 8.95. The molecule has 1 aliphatic rings. The van der Waals surface area contributed by atoms with Gasteiger partial charge in [0.1, 0.15) is 5.01 Å². The Morgan fingerprint density at radius 3 is 2.74 bits per heavy atom. The van der Waals surface area contributed by atoms with Crippen LogP contribution in [-0.2, 0) is 9.59 Å². The fourth-order valence-corrected chi connectivity index (χ4v) is 4.03. The van der Waals surface area contributed by atoms with Gasteiger partial charge in [-0.3, -0.25) is 9.59 Å². The molecule has 0 saturated carbocycles. The predicted molar refractivity (Wildman–Crippen MR) is 107 cm³/mol. The summed E-state index contributed by atoms with van der Waals surface area (Å²) in [5, 5.41) is 14.4. The van der Waals surface area contributed by atoms with E-state index in [4.69, 9.17) is 0 Å². The van der Waals surface area contributed by atoms with Crippen LogP contribution >= 0.6 is 11.3 Å². The van der Waals surface area contributed by atoms with Gasteiger partial charge in [-0.05, 0) is 11.5 Å². The maximum Gasteiger partial charge on any atom is 0.231 e. The van der Waals surface area contributed by atoms with E-state index < -0.39 is 5.92 Å². The van der Waals surface area contributed by atoms with Gasteiger partial charge in [-0.15, -0.1) is 10.2 Å². The first kappa shape index (κ1) is 17.6. The molecule has 1 N–H and O–H groups in total. The number of carbonyl (C=O) groups excluding carboxylic acids is 2. The molecule has 0 aliphatic carbocycles. The first-order chi connectivity index (χ1) is 13.0. The van der Waals surface area contributed by atoms with Gasteiger partial charge in [0.05, 0.1) is 11.6 Å². The van der Waals surface area contributed by atoms with Gasteiger partial charge in [-0.1, -0.05) is 61.6 Å². The number of fused-ring (bicyclic) bond motifs is 1. The minimum absolute atomic E-state index is 0.0355. The second-order valence-electron chi connectivity index (χ2n) is 6.99. The molecule has 1 fully saturated rings. The third kappa shape index (κ3) is 3.42. The number of carbonyl (C=O) groups is 2. The molecule has 2 aromatic carbocycles. The molecule has 1 aromatic heterocycles. The van der Waals surface area contributed by atoms with E-state index in [1.165, 1.54) is 11.3 Å². The highest BCUT2D eigenvalue weighted by molar-refractivity contribution is 7.15. The van der Waals surface area contributed by atoms with Crippen molar-refractivity contribution < 1.29 is 9.59 Å². The van der Waals surface area contributed by atoms with Crippen LogP contribution in [0, 0.1) is 5.92 Å². The number of hydrogen-bond acceptors (Lipinski definition) is 5. The van der Waals surface area contributed by atoms with E-state index in [0.29, 0.717) is 11.7 Å². The fraction of sp³-hybridized carbons (Fsp3) is 0.300. The van der Waals surface area contributed by atoms with Crippen molar-refractivity contribution in [1.82, 2.24) is 10.2 Å². The zero-order valence-corrected chi connectivity index (χ0v) is 16.0. The lowest BCUT2D eigenvalue weighted by Crippen LogP contribution is -2.28. The molecule has 27 heavy (non-hydrogen) atoms. The molecular formula is C20H20N4O2S. The molecule has 2 heterocycles. The Morgan fingerprint density at radius 2 is 1.96 bits per heavy atom. The lowest BCUT2D eigenvalue weighted by atomic mass is 10.1. The summed E-state index contributed by atoms with van der Waals surface area (Å²) in [6, 6.07) is 13.8. The van der Waals surface area contributed by atoms with Crippen LogP contribution in [0.3, 0.4) is 0 Å². The van der Waals surface area contributed by atoms with Crippen LogP contribution in [0.4, 0.5) is 10.8 Å². The monoisotopic (exact) mass is 380 g/mol. The molecule has 1 atom stereocenters. The summed E-state index contributed by atoms with van der Waals surface area (Å²) in [5.41, 5.74) is 0.853. The molecular weight excluding hydrogens is 360 g/mol. The summed E-state index contributed by atoms with van der Waals surface area (Å²) in [7, 11) is 0. The Kier molecular flexibility index (Phi) is 4.61. The van der Waals surface area contributed by atoms with E-state index in [-0.39, 0.29) is 24.2 Å². The zero-order valence-electron chi connectivity index (χ0n) is 15.2. The van der Waals surface area contributed by atoms with E-state index in [1.807, 2.05) is 56.3 Å². The van der Waals surface area contributed by atoms with Crippen molar-refractivity contribution in [3.05, 3.63) is 47.5 Å². The zero-order chi connectivity index (χ0) is 19.0. The van der Waals surface area contributed by atoms with Crippen LogP contribution in [0.15, 0.2) is 42.5 Å². The molecule has 2 amide bonds. The molecule has 1 unspecified atom stereocenters. The van der Waals surface area contributed by atoms with Gasteiger partial charge in [0.2, 0.25) is 16.9 Å². The SMILES string of the molecule is CC(C)c1nnc(NC(=O)C2CC(=O)N(c3cccc4ccccc34)C2)s1. The van der Waals surface area contributed by atoms with Gasteiger partial charge >= 0.3 is 0 Å². The molecule has 0 bridgehead atoms. The van der Waals surface area contributed by atoms with Crippen LogP contribution < -0.4 is 10.2 Å². The highest BCUT2D eigenvalue weighted by atomic mass is 32.1. The van der Waals surface area contributed by atoms with Crippen LogP contribution in [0.5, 0.6) is 0 Å². The van der Waals surface area contributed by atoms with Crippen LogP contribution in [0.1, 0.15) is 31.2 Å². The molecule has 6 nitrogen and oxygen atoms in total. The van der Waals surface area contributed by atoms with E-state index in [9.17, 15) is 9.59 Å². The van der Waals surface area contributed by atoms with E-state index in [1.54, 1.807) is 4.90 Å². The normalized spacial score (nSPS) is 17.1. The number of amides is 2. The maximum atomic E-state index is 12.6. The smallest absolute Gasteiger partial charge is 0.231 e. The lowest BCUT2D eigenvalue weighted by molar-refractivity contribution is -0.122. The number of rotatable bonds is 4. The summed E-state index contributed by atoms with van der Waals surface area (Å²) in [6.45, 7) is 4.43. The Morgan fingerprint density at radius 1 is 1.19 bits per heavy atom. The maximum absolute atomic E-state index is 12.6. The van der Waals surface area contributed by atoms with Crippen molar-refractivity contribution in [3.8, 4) is 0 Å². The number of aromatic nitrogens is 2. The van der Waals surface area contributed by atoms with Crippen LogP contribution in [-0.4, -0.2) is 28.6 Å². The molecule has 1 saturated heterocycles. The number of anilines is 2. The Bertz CT molecular complexity index is 1010. The van der Waals surface area contributed by atoms with Gasteiger partial charge in [0.25, 0.3) is 0 Å².